The first kappa shape index (κ1) is 18.9. The molecule has 27 heavy (non-hydrogen) atoms. The van der Waals surface area contributed by atoms with Gasteiger partial charge in [0.1, 0.15) is 16.4 Å². The molecule has 1 aromatic heterocycles. The number of hydrogen-bond acceptors (Lipinski definition) is 3. The van der Waals surface area contributed by atoms with Crippen LogP contribution in [0.3, 0.4) is 0 Å². The highest BCUT2D eigenvalue weighted by Gasteiger charge is 2.06. The van der Waals surface area contributed by atoms with Gasteiger partial charge in [0.15, 0.2) is 0 Å². The van der Waals surface area contributed by atoms with E-state index in [0.29, 0.717) is 10.7 Å². The highest BCUT2D eigenvalue weighted by atomic mass is 79.9. The Balaban J connectivity index is 2.22. The van der Waals surface area contributed by atoms with Crippen LogP contribution >= 0.6 is 15.9 Å². The van der Waals surface area contributed by atoms with E-state index < -0.39 is 0 Å². The molecule has 0 aliphatic heterocycles. The Kier molecular flexibility index (Phi) is 5.46. The largest absolute Gasteiger partial charge is 0.497 e. The number of methoxy groups -OCH3 is 1. The summed E-state index contributed by atoms with van der Waals surface area (Å²) >= 11 is 3.39. The van der Waals surface area contributed by atoms with Gasteiger partial charge in [-0.3, -0.25) is 9.59 Å². The molecule has 138 valence electrons. The third-order valence-corrected chi connectivity index (χ3v) is 4.89. The summed E-state index contributed by atoms with van der Waals surface area (Å²) in [6, 6.07) is 14.8. The molecule has 0 N–H and O–H groups in total. The van der Waals surface area contributed by atoms with Crippen LogP contribution in [0.5, 0.6) is 5.75 Å². The van der Waals surface area contributed by atoms with E-state index in [0.717, 1.165) is 21.3 Å². The van der Waals surface area contributed by atoms with Gasteiger partial charge in [-0.15, -0.1) is 0 Å². The predicted octanol–water partition coefficient (Wildman–Crippen LogP) is 1.51. The molecule has 0 aliphatic carbocycles. The van der Waals surface area contributed by atoms with E-state index in [1.165, 1.54) is 9.13 Å². The lowest BCUT2D eigenvalue weighted by Crippen LogP contribution is -2.56. The van der Waals surface area contributed by atoms with Gasteiger partial charge >= 0.3 is 0 Å². The van der Waals surface area contributed by atoms with Gasteiger partial charge in [-0.25, -0.2) is 0 Å². The van der Waals surface area contributed by atoms with Gasteiger partial charge in [0.05, 0.1) is 7.11 Å². The fourth-order valence-corrected chi connectivity index (χ4v) is 3.01. The van der Waals surface area contributed by atoms with E-state index in [4.69, 9.17) is 4.74 Å². The van der Waals surface area contributed by atoms with E-state index in [1.807, 2.05) is 48.5 Å². The number of hydrogen-bond donors (Lipinski definition) is 0. The Labute approximate surface area is 164 Å². The van der Waals surface area contributed by atoms with Crippen LogP contribution in [0.2, 0.25) is 0 Å². The normalized spacial score (nSPS) is 12.4. The van der Waals surface area contributed by atoms with Gasteiger partial charge in [0, 0.05) is 18.6 Å². The van der Waals surface area contributed by atoms with Crippen LogP contribution in [-0.2, 0) is 14.1 Å². The first-order valence-electron chi connectivity index (χ1n) is 8.30. The van der Waals surface area contributed by atoms with Crippen molar-refractivity contribution in [3.05, 3.63) is 95.5 Å². The summed E-state index contributed by atoms with van der Waals surface area (Å²) < 4.78 is 8.87. The van der Waals surface area contributed by atoms with Crippen LogP contribution in [0, 0.1) is 0 Å². The number of rotatable bonds is 3. The summed E-state index contributed by atoms with van der Waals surface area (Å²) in [6.07, 6.45) is 3.42. The van der Waals surface area contributed by atoms with E-state index in [2.05, 4.69) is 15.9 Å². The third kappa shape index (κ3) is 3.95. The van der Waals surface area contributed by atoms with Gasteiger partial charge in [-0.1, -0.05) is 40.2 Å². The van der Waals surface area contributed by atoms with Crippen molar-refractivity contribution < 1.29 is 4.74 Å². The number of halogens is 1. The van der Waals surface area contributed by atoms with Gasteiger partial charge in [0.25, 0.3) is 11.1 Å². The molecule has 0 unspecified atom stereocenters. The second-order valence-electron chi connectivity index (χ2n) is 6.11. The zero-order chi connectivity index (χ0) is 19.6. The van der Waals surface area contributed by atoms with Crippen molar-refractivity contribution in [3.8, 4) is 5.75 Å². The Bertz CT molecular complexity index is 1210. The summed E-state index contributed by atoms with van der Waals surface area (Å²) in [5, 5.41) is 0.650. The number of nitrogens with zero attached hydrogens (tertiary/aromatic N) is 2. The molecule has 0 spiro atoms. The molecule has 1 heterocycles. The Morgan fingerprint density at radius 3 is 1.59 bits per heavy atom. The lowest BCUT2D eigenvalue weighted by atomic mass is 10.2. The van der Waals surface area contributed by atoms with Crippen LogP contribution in [0.15, 0.2) is 62.6 Å². The molecule has 0 atom stereocenters. The van der Waals surface area contributed by atoms with E-state index in [-0.39, 0.29) is 11.1 Å². The standard InChI is InChI=1S/C21H19BrN2O3/c1-23-18(12-14-4-8-16(22)9-5-14)20(25)24(2)19(21(23)26)13-15-6-10-17(27-3)11-7-15/h4-13H,1-3H3. The summed E-state index contributed by atoms with van der Waals surface area (Å²) in [7, 11) is 4.82. The molecule has 6 heteroatoms. The molecular weight excluding hydrogens is 408 g/mol. The smallest absolute Gasteiger partial charge is 0.274 e. The topological polar surface area (TPSA) is 53.2 Å². The molecule has 3 aromatic rings. The minimum atomic E-state index is -0.240. The van der Waals surface area contributed by atoms with Gasteiger partial charge in [0.2, 0.25) is 0 Å². The molecule has 0 aliphatic rings. The van der Waals surface area contributed by atoms with Gasteiger partial charge in [-0.2, -0.15) is 0 Å². The SMILES string of the molecule is COc1ccc(C=c2c(=O)n(C)c(=Cc3ccc(Br)cc3)c(=O)n2C)cc1. The fraction of sp³-hybridized carbons (Fsp3) is 0.143. The number of benzene rings is 2. The van der Waals surface area contributed by atoms with Crippen molar-refractivity contribution >= 4 is 28.1 Å². The molecule has 0 amide bonds. The zero-order valence-electron chi connectivity index (χ0n) is 15.3. The van der Waals surface area contributed by atoms with Crippen molar-refractivity contribution in [2.24, 2.45) is 14.1 Å². The summed E-state index contributed by atoms with van der Waals surface area (Å²) in [4.78, 5) is 25.7. The molecule has 0 bridgehead atoms. The quantitative estimate of drug-likeness (QED) is 0.637. The number of ether oxygens (including phenoxy) is 1. The van der Waals surface area contributed by atoms with Crippen molar-refractivity contribution in [2.75, 3.05) is 7.11 Å². The molecule has 5 nitrogen and oxygen atoms in total. The van der Waals surface area contributed by atoms with E-state index in [1.54, 1.807) is 33.4 Å². The van der Waals surface area contributed by atoms with Gasteiger partial charge < -0.3 is 13.9 Å². The Morgan fingerprint density at radius 1 is 0.778 bits per heavy atom. The highest BCUT2D eigenvalue weighted by Crippen LogP contribution is 2.11. The maximum atomic E-state index is 12.9. The molecule has 0 radical (unpaired) electrons. The van der Waals surface area contributed by atoms with Crippen LogP contribution in [0.4, 0.5) is 0 Å². The summed E-state index contributed by atoms with van der Waals surface area (Å²) in [5.41, 5.74) is 1.18. The first-order valence-corrected chi connectivity index (χ1v) is 9.09. The second-order valence-corrected chi connectivity index (χ2v) is 7.03. The molecular formula is C21H19BrN2O3. The van der Waals surface area contributed by atoms with E-state index in [9.17, 15) is 9.59 Å². The minimum absolute atomic E-state index is 0.236. The van der Waals surface area contributed by atoms with Crippen LogP contribution in [-0.4, -0.2) is 16.2 Å². The lowest BCUT2D eigenvalue weighted by molar-refractivity contribution is 0.415. The number of aromatic nitrogens is 2. The molecule has 0 saturated carbocycles. The van der Waals surface area contributed by atoms with Crippen molar-refractivity contribution in [1.82, 2.24) is 9.13 Å². The summed E-state index contributed by atoms with van der Waals surface area (Å²) in [5.74, 6) is 0.730. The zero-order valence-corrected chi connectivity index (χ0v) is 16.9. The second kappa shape index (κ2) is 7.80. The molecule has 0 fully saturated rings. The van der Waals surface area contributed by atoms with E-state index >= 15 is 0 Å². The lowest BCUT2D eigenvalue weighted by Gasteiger charge is -2.05. The highest BCUT2D eigenvalue weighted by molar-refractivity contribution is 9.10. The minimum Gasteiger partial charge on any atom is -0.497 e. The first-order chi connectivity index (χ1) is 12.9. The third-order valence-electron chi connectivity index (χ3n) is 4.36. The Hall–Kier alpha value is -2.86. The van der Waals surface area contributed by atoms with Crippen molar-refractivity contribution in [2.45, 2.75) is 0 Å². The summed E-state index contributed by atoms with van der Waals surface area (Å²) in [6.45, 7) is 0. The predicted molar refractivity (Wildman–Crippen MR) is 110 cm³/mol. The molecule has 3 rings (SSSR count). The average molecular weight is 427 g/mol. The monoisotopic (exact) mass is 426 g/mol. The maximum absolute atomic E-state index is 12.9. The van der Waals surface area contributed by atoms with Crippen molar-refractivity contribution in [3.63, 3.8) is 0 Å². The van der Waals surface area contributed by atoms with Crippen LogP contribution < -0.4 is 26.6 Å². The average Bonchev–Trinajstić information content (AvgIpc) is 2.69. The van der Waals surface area contributed by atoms with Crippen molar-refractivity contribution in [1.29, 1.82) is 0 Å². The maximum Gasteiger partial charge on any atom is 0.274 e. The van der Waals surface area contributed by atoms with Crippen LogP contribution in [0.25, 0.3) is 12.2 Å². The molecule has 0 saturated heterocycles. The fourth-order valence-electron chi connectivity index (χ4n) is 2.74. The Morgan fingerprint density at radius 2 is 1.19 bits per heavy atom. The van der Waals surface area contributed by atoms with Crippen LogP contribution in [0.1, 0.15) is 11.1 Å². The molecule has 2 aromatic carbocycles. The van der Waals surface area contributed by atoms with Gasteiger partial charge in [-0.05, 0) is 47.5 Å².